The first-order chi connectivity index (χ1) is 9.58. The first-order valence-corrected chi connectivity index (χ1v) is 7.84. The lowest BCUT2D eigenvalue weighted by molar-refractivity contribution is -0.137. The summed E-state index contributed by atoms with van der Waals surface area (Å²) < 4.78 is 0. The first kappa shape index (κ1) is 16.8. The van der Waals surface area contributed by atoms with E-state index in [1.54, 1.807) is 0 Å². The summed E-state index contributed by atoms with van der Waals surface area (Å²) >= 11 is 0. The van der Waals surface area contributed by atoms with Gasteiger partial charge in [0.25, 0.3) is 0 Å². The maximum atomic E-state index is 11.7. The third kappa shape index (κ3) is 8.02. The van der Waals surface area contributed by atoms with E-state index in [0.29, 0.717) is 12.8 Å². The van der Waals surface area contributed by atoms with Gasteiger partial charge in [-0.1, -0.05) is 32.1 Å². The highest BCUT2D eigenvalue weighted by Crippen LogP contribution is 2.25. The first-order valence-electron chi connectivity index (χ1n) is 7.84. The van der Waals surface area contributed by atoms with Gasteiger partial charge in [0.2, 0.25) is 0 Å². The van der Waals surface area contributed by atoms with Crippen molar-refractivity contribution in [2.75, 3.05) is 6.54 Å². The molecule has 0 bridgehead atoms. The molecule has 0 aromatic rings. The number of carbonyl (C=O) groups excluding carboxylic acids is 1. The van der Waals surface area contributed by atoms with Gasteiger partial charge in [0.05, 0.1) is 0 Å². The Morgan fingerprint density at radius 3 is 2.60 bits per heavy atom. The highest BCUT2D eigenvalue weighted by molar-refractivity contribution is 5.74. The van der Waals surface area contributed by atoms with E-state index in [4.69, 9.17) is 5.11 Å². The molecule has 0 aromatic heterocycles. The molecule has 0 heterocycles. The number of aliphatic carboxylic acids is 1. The second-order valence-electron chi connectivity index (χ2n) is 5.88. The van der Waals surface area contributed by atoms with Crippen molar-refractivity contribution in [1.82, 2.24) is 10.6 Å². The van der Waals surface area contributed by atoms with Crippen molar-refractivity contribution in [2.45, 2.75) is 70.8 Å². The number of nitrogens with one attached hydrogen (secondary N) is 2. The molecular weight excluding hydrogens is 256 g/mol. The molecule has 1 unspecified atom stereocenters. The maximum absolute atomic E-state index is 11.7. The summed E-state index contributed by atoms with van der Waals surface area (Å²) in [5, 5.41) is 14.3. The fraction of sp³-hybridized carbons (Fsp3) is 0.867. The van der Waals surface area contributed by atoms with E-state index >= 15 is 0 Å². The molecule has 1 aliphatic carbocycles. The molecule has 1 aliphatic rings. The molecule has 0 saturated heterocycles. The highest BCUT2D eigenvalue weighted by atomic mass is 16.4. The van der Waals surface area contributed by atoms with Gasteiger partial charge in [-0.25, -0.2) is 4.79 Å². The summed E-state index contributed by atoms with van der Waals surface area (Å²) in [6.45, 7) is 2.64. The topological polar surface area (TPSA) is 78.4 Å². The summed E-state index contributed by atoms with van der Waals surface area (Å²) in [6.07, 6.45) is 9.15. The van der Waals surface area contributed by atoms with Gasteiger partial charge in [-0.3, -0.25) is 4.79 Å². The monoisotopic (exact) mass is 284 g/mol. The lowest BCUT2D eigenvalue weighted by Gasteiger charge is -2.21. The smallest absolute Gasteiger partial charge is 0.314 e. The van der Waals surface area contributed by atoms with Crippen molar-refractivity contribution >= 4 is 12.0 Å². The number of urea groups is 1. The largest absolute Gasteiger partial charge is 0.481 e. The average Bonchev–Trinajstić information content (AvgIpc) is 2.39. The minimum atomic E-state index is -0.783. The predicted molar refractivity (Wildman–Crippen MR) is 78.7 cm³/mol. The van der Waals surface area contributed by atoms with Gasteiger partial charge in [-0.05, 0) is 32.1 Å². The molecule has 5 heteroatoms. The van der Waals surface area contributed by atoms with Gasteiger partial charge < -0.3 is 15.7 Å². The molecule has 20 heavy (non-hydrogen) atoms. The molecule has 1 rings (SSSR count). The molecular formula is C15H28N2O3. The van der Waals surface area contributed by atoms with Crippen LogP contribution in [0.3, 0.4) is 0 Å². The van der Waals surface area contributed by atoms with Crippen molar-refractivity contribution in [3.8, 4) is 0 Å². The van der Waals surface area contributed by atoms with Crippen LogP contribution in [0.4, 0.5) is 4.79 Å². The Bertz CT molecular complexity index is 301. The van der Waals surface area contributed by atoms with Gasteiger partial charge in [-0.15, -0.1) is 0 Å². The molecule has 1 atom stereocenters. The Balaban J connectivity index is 2.02. The van der Waals surface area contributed by atoms with E-state index in [1.165, 1.54) is 32.1 Å². The number of rotatable bonds is 8. The summed E-state index contributed by atoms with van der Waals surface area (Å²) in [5.41, 5.74) is 0. The molecule has 2 amide bonds. The number of hydrogen-bond acceptors (Lipinski definition) is 2. The van der Waals surface area contributed by atoms with Crippen LogP contribution in [0.2, 0.25) is 0 Å². The van der Waals surface area contributed by atoms with Crippen molar-refractivity contribution in [3.05, 3.63) is 0 Å². The summed E-state index contributed by atoms with van der Waals surface area (Å²) in [4.78, 5) is 22.0. The Labute approximate surface area is 121 Å². The summed E-state index contributed by atoms with van der Waals surface area (Å²) in [5.74, 6) is -0.00817. The highest BCUT2D eigenvalue weighted by Gasteiger charge is 2.13. The van der Waals surface area contributed by atoms with Crippen molar-refractivity contribution < 1.29 is 14.7 Å². The Kier molecular flexibility index (Phi) is 8.07. The van der Waals surface area contributed by atoms with Crippen LogP contribution < -0.4 is 10.6 Å². The van der Waals surface area contributed by atoms with Gasteiger partial charge in [0.15, 0.2) is 0 Å². The second kappa shape index (κ2) is 9.61. The lowest BCUT2D eigenvalue weighted by atomic mass is 9.87. The lowest BCUT2D eigenvalue weighted by Crippen LogP contribution is -2.41. The molecule has 3 N–H and O–H groups in total. The number of carboxylic acid groups (broad SMARTS) is 1. The zero-order chi connectivity index (χ0) is 14.8. The van der Waals surface area contributed by atoms with E-state index in [9.17, 15) is 9.59 Å². The maximum Gasteiger partial charge on any atom is 0.314 e. The third-order valence-electron chi connectivity index (χ3n) is 3.97. The van der Waals surface area contributed by atoms with E-state index in [2.05, 4.69) is 10.6 Å². The second-order valence-corrected chi connectivity index (χ2v) is 5.88. The van der Waals surface area contributed by atoms with Gasteiger partial charge in [0, 0.05) is 19.0 Å². The van der Waals surface area contributed by atoms with Crippen molar-refractivity contribution in [1.29, 1.82) is 0 Å². The molecule has 0 radical (unpaired) electrons. The van der Waals surface area contributed by atoms with E-state index in [0.717, 1.165) is 18.9 Å². The normalized spacial score (nSPS) is 17.4. The molecule has 1 saturated carbocycles. The predicted octanol–water partition coefficient (Wildman–Crippen LogP) is 2.90. The number of carboxylic acids is 1. The Morgan fingerprint density at radius 2 is 1.95 bits per heavy atom. The molecule has 1 fully saturated rings. The van der Waals surface area contributed by atoms with Gasteiger partial charge in [0.1, 0.15) is 0 Å². The Hall–Kier alpha value is -1.26. The van der Waals surface area contributed by atoms with Crippen LogP contribution >= 0.6 is 0 Å². The zero-order valence-electron chi connectivity index (χ0n) is 12.5. The minimum absolute atomic E-state index is 0.0176. The van der Waals surface area contributed by atoms with E-state index in [1.807, 2.05) is 6.92 Å². The molecule has 0 aromatic carbocycles. The van der Waals surface area contributed by atoms with Crippen LogP contribution in [-0.4, -0.2) is 29.7 Å². The standard InChI is InChI=1S/C15H28N2O3/c1-12(6-5-9-14(18)19)17-15(20)16-11-10-13-7-3-2-4-8-13/h12-13H,2-11H2,1H3,(H,18,19)(H2,16,17,20). The number of carbonyl (C=O) groups is 2. The fourth-order valence-electron chi connectivity index (χ4n) is 2.77. The minimum Gasteiger partial charge on any atom is -0.481 e. The average molecular weight is 284 g/mol. The van der Waals surface area contributed by atoms with E-state index < -0.39 is 5.97 Å². The van der Waals surface area contributed by atoms with Crippen LogP contribution in [0.25, 0.3) is 0 Å². The van der Waals surface area contributed by atoms with Crippen LogP contribution in [0.15, 0.2) is 0 Å². The Morgan fingerprint density at radius 1 is 1.25 bits per heavy atom. The fourth-order valence-corrected chi connectivity index (χ4v) is 2.77. The number of amides is 2. The zero-order valence-corrected chi connectivity index (χ0v) is 12.5. The van der Waals surface area contributed by atoms with Crippen LogP contribution in [0, 0.1) is 5.92 Å². The van der Waals surface area contributed by atoms with Crippen molar-refractivity contribution in [3.63, 3.8) is 0 Å². The molecule has 0 spiro atoms. The van der Waals surface area contributed by atoms with Crippen molar-refractivity contribution in [2.24, 2.45) is 5.92 Å². The molecule has 0 aliphatic heterocycles. The van der Waals surface area contributed by atoms with Crippen LogP contribution in [0.5, 0.6) is 0 Å². The van der Waals surface area contributed by atoms with Crippen LogP contribution in [0.1, 0.15) is 64.7 Å². The number of hydrogen-bond donors (Lipinski definition) is 3. The SMILES string of the molecule is CC(CCCC(=O)O)NC(=O)NCCC1CCCCC1. The molecule has 116 valence electrons. The summed E-state index contributed by atoms with van der Waals surface area (Å²) in [6, 6.07) is -0.118. The van der Waals surface area contributed by atoms with Gasteiger partial charge >= 0.3 is 12.0 Å². The quantitative estimate of drug-likeness (QED) is 0.641. The molecule has 5 nitrogen and oxygen atoms in total. The third-order valence-corrected chi connectivity index (χ3v) is 3.97. The van der Waals surface area contributed by atoms with E-state index in [-0.39, 0.29) is 18.5 Å². The summed E-state index contributed by atoms with van der Waals surface area (Å²) in [7, 11) is 0. The van der Waals surface area contributed by atoms with Crippen LogP contribution in [-0.2, 0) is 4.79 Å². The van der Waals surface area contributed by atoms with Gasteiger partial charge in [-0.2, -0.15) is 0 Å².